The van der Waals surface area contributed by atoms with E-state index in [4.69, 9.17) is 0 Å². The Hall–Kier alpha value is -2.55. The van der Waals surface area contributed by atoms with E-state index in [1.54, 1.807) is 24.4 Å². The molecule has 0 bridgehead atoms. The number of fused-ring (bicyclic) bond motifs is 1. The van der Waals surface area contributed by atoms with Crippen LogP contribution in [0.1, 0.15) is 16.1 Å². The Morgan fingerprint density at radius 3 is 2.60 bits per heavy atom. The highest BCUT2D eigenvalue weighted by Gasteiger charge is 2.14. The molecule has 1 heterocycles. The molecule has 0 saturated heterocycles. The van der Waals surface area contributed by atoms with E-state index in [2.05, 4.69) is 4.98 Å². The van der Waals surface area contributed by atoms with E-state index in [0.717, 1.165) is 10.8 Å². The Morgan fingerprint density at radius 2 is 1.75 bits per heavy atom. The third-order valence-corrected chi connectivity index (χ3v) is 3.25. The van der Waals surface area contributed by atoms with Gasteiger partial charge in [-0.05, 0) is 23.1 Å². The van der Waals surface area contributed by atoms with Gasteiger partial charge in [0.2, 0.25) is 0 Å². The summed E-state index contributed by atoms with van der Waals surface area (Å²) in [5.74, 6) is -0.534. The molecule has 0 spiro atoms. The van der Waals surface area contributed by atoms with Crippen LogP contribution >= 0.6 is 0 Å². The Labute approximate surface area is 115 Å². The first kappa shape index (κ1) is 12.5. The topological polar surface area (TPSA) is 30.0 Å². The van der Waals surface area contributed by atoms with E-state index in [1.165, 1.54) is 6.07 Å². The van der Waals surface area contributed by atoms with E-state index in [9.17, 15) is 9.18 Å². The average molecular weight is 265 g/mol. The third kappa shape index (κ3) is 2.30. The zero-order chi connectivity index (χ0) is 13.9. The summed E-state index contributed by atoms with van der Waals surface area (Å²) in [4.78, 5) is 16.5. The second-order valence-corrected chi connectivity index (χ2v) is 4.57. The molecule has 20 heavy (non-hydrogen) atoms. The number of ketones is 1. The quantitative estimate of drug-likeness (QED) is 0.674. The number of aromatic nitrogens is 1. The van der Waals surface area contributed by atoms with Crippen LogP contribution in [-0.2, 0) is 6.42 Å². The monoisotopic (exact) mass is 265 g/mol. The van der Waals surface area contributed by atoms with Crippen LogP contribution in [0.4, 0.5) is 4.39 Å². The van der Waals surface area contributed by atoms with Gasteiger partial charge in [-0.1, -0.05) is 42.5 Å². The number of Topliss-reactive ketones (excluding diaryl/α,β-unsaturated/α-hetero) is 1. The van der Waals surface area contributed by atoms with Crippen molar-refractivity contribution in [3.8, 4) is 0 Å². The first-order chi connectivity index (χ1) is 9.75. The maximum Gasteiger partial charge on any atom is 0.186 e. The number of hydrogen-bond acceptors (Lipinski definition) is 2. The van der Waals surface area contributed by atoms with E-state index in [-0.39, 0.29) is 18.0 Å². The van der Waals surface area contributed by atoms with Crippen LogP contribution in [0, 0.1) is 5.82 Å². The van der Waals surface area contributed by atoms with E-state index >= 15 is 0 Å². The fourth-order valence-electron chi connectivity index (χ4n) is 2.24. The summed E-state index contributed by atoms with van der Waals surface area (Å²) in [6.45, 7) is 0. The summed E-state index contributed by atoms with van der Waals surface area (Å²) < 4.78 is 13.6. The molecule has 3 aromatic rings. The molecular weight excluding hydrogens is 253 g/mol. The molecule has 3 rings (SSSR count). The van der Waals surface area contributed by atoms with Crippen molar-refractivity contribution in [1.82, 2.24) is 4.98 Å². The zero-order valence-corrected chi connectivity index (χ0v) is 10.7. The summed E-state index contributed by atoms with van der Waals surface area (Å²) in [7, 11) is 0. The largest absolute Gasteiger partial charge is 0.292 e. The summed E-state index contributed by atoms with van der Waals surface area (Å²) in [5.41, 5.74) is 0.790. The minimum atomic E-state index is -0.360. The first-order valence-corrected chi connectivity index (χ1v) is 6.36. The second-order valence-electron chi connectivity index (χ2n) is 4.57. The van der Waals surface area contributed by atoms with Gasteiger partial charge in [-0.2, -0.15) is 0 Å². The highest BCUT2D eigenvalue weighted by Crippen LogP contribution is 2.18. The molecule has 0 atom stereocenters. The molecule has 0 fully saturated rings. The Balaban J connectivity index is 1.99. The van der Waals surface area contributed by atoms with Crippen molar-refractivity contribution in [3.05, 3.63) is 77.9 Å². The normalized spacial score (nSPS) is 10.7. The lowest BCUT2D eigenvalue weighted by atomic mass is 10.0. The second kappa shape index (κ2) is 5.21. The van der Waals surface area contributed by atoms with E-state index in [1.807, 2.05) is 30.3 Å². The van der Waals surface area contributed by atoms with E-state index in [0.29, 0.717) is 11.3 Å². The predicted octanol–water partition coefficient (Wildman–Crippen LogP) is 3.80. The Bertz CT molecular complexity index is 777. The minimum absolute atomic E-state index is 0.0215. The van der Waals surface area contributed by atoms with Gasteiger partial charge in [0.25, 0.3) is 0 Å². The third-order valence-electron chi connectivity index (χ3n) is 3.25. The van der Waals surface area contributed by atoms with Crippen molar-refractivity contribution in [2.24, 2.45) is 0 Å². The van der Waals surface area contributed by atoms with E-state index < -0.39 is 0 Å². The summed E-state index contributed by atoms with van der Waals surface area (Å²) >= 11 is 0. The molecule has 3 heteroatoms. The van der Waals surface area contributed by atoms with Crippen molar-refractivity contribution in [2.45, 2.75) is 6.42 Å². The summed E-state index contributed by atoms with van der Waals surface area (Å²) in [6, 6.07) is 15.7. The fraction of sp³-hybridized carbons (Fsp3) is 0.0588. The summed E-state index contributed by atoms with van der Waals surface area (Å²) in [6.07, 6.45) is 1.63. The van der Waals surface area contributed by atoms with Crippen LogP contribution in [0.2, 0.25) is 0 Å². The average Bonchev–Trinajstić information content (AvgIpc) is 2.49. The SMILES string of the molecule is O=C(Cc1ccccc1F)c1nccc2ccccc12. The molecule has 0 radical (unpaired) electrons. The van der Waals surface area contributed by atoms with Gasteiger partial charge < -0.3 is 0 Å². The van der Waals surface area contributed by atoms with Crippen LogP contribution in [0.15, 0.2) is 60.8 Å². The number of rotatable bonds is 3. The molecule has 98 valence electrons. The van der Waals surface area contributed by atoms with Crippen molar-refractivity contribution in [1.29, 1.82) is 0 Å². The smallest absolute Gasteiger partial charge is 0.186 e. The van der Waals surface area contributed by atoms with Gasteiger partial charge in [-0.3, -0.25) is 9.78 Å². The van der Waals surface area contributed by atoms with Gasteiger partial charge in [0, 0.05) is 18.0 Å². The van der Waals surface area contributed by atoms with Crippen LogP contribution in [0.25, 0.3) is 10.8 Å². The molecule has 0 amide bonds. The number of pyridine rings is 1. The number of carbonyl (C=O) groups is 1. The van der Waals surface area contributed by atoms with Crippen molar-refractivity contribution in [3.63, 3.8) is 0 Å². The lowest BCUT2D eigenvalue weighted by Crippen LogP contribution is -2.08. The lowest BCUT2D eigenvalue weighted by molar-refractivity contribution is 0.0989. The van der Waals surface area contributed by atoms with Gasteiger partial charge in [0.05, 0.1) is 0 Å². The Kier molecular flexibility index (Phi) is 3.25. The molecule has 0 aliphatic carbocycles. The van der Waals surface area contributed by atoms with Crippen molar-refractivity contribution >= 4 is 16.6 Å². The predicted molar refractivity (Wildman–Crippen MR) is 76.2 cm³/mol. The molecule has 0 aliphatic heterocycles. The van der Waals surface area contributed by atoms with Gasteiger partial charge in [0.15, 0.2) is 5.78 Å². The maximum atomic E-state index is 13.6. The molecule has 0 aliphatic rings. The highest BCUT2D eigenvalue weighted by molar-refractivity contribution is 6.07. The van der Waals surface area contributed by atoms with Crippen LogP contribution in [-0.4, -0.2) is 10.8 Å². The van der Waals surface area contributed by atoms with Crippen LogP contribution in [0.5, 0.6) is 0 Å². The van der Waals surface area contributed by atoms with Crippen LogP contribution in [0.3, 0.4) is 0 Å². The maximum absolute atomic E-state index is 13.6. The molecule has 0 saturated carbocycles. The van der Waals surface area contributed by atoms with Crippen LogP contribution < -0.4 is 0 Å². The summed E-state index contributed by atoms with van der Waals surface area (Å²) in [5, 5.41) is 1.76. The first-order valence-electron chi connectivity index (χ1n) is 6.36. The van der Waals surface area contributed by atoms with Crippen molar-refractivity contribution < 1.29 is 9.18 Å². The zero-order valence-electron chi connectivity index (χ0n) is 10.7. The van der Waals surface area contributed by atoms with Crippen molar-refractivity contribution in [2.75, 3.05) is 0 Å². The molecule has 2 nitrogen and oxygen atoms in total. The molecule has 0 unspecified atom stereocenters. The molecule has 2 aromatic carbocycles. The standard InChI is InChI=1S/C17H12FNO/c18-15-8-4-2-6-13(15)11-16(20)17-14-7-3-1-5-12(14)9-10-19-17/h1-10H,11H2. The lowest BCUT2D eigenvalue weighted by Gasteiger charge is -2.05. The number of nitrogens with zero attached hydrogens (tertiary/aromatic N) is 1. The molecular formula is C17H12FNO. The van der Waals surface area contributed by atoms with Gasteiger partial charge in [-0.25, -0.2) is 4.39 Å². The molecule has 1 aromatic heterocycles. The minimum Gasteiger partial charge on any atom is -0.292 e. The van der Waals surface area contributed by atoms with Gasteiger partial charge in [0.1, 0.15) is 11.5 Å². The highest BCUT2D eigenvalue weighted by atomic mass is 19.1. The number of benzene rings is 2. The van der Waals surface area contributed by atoms with Gasteiger partial charge in [-0.15, -0.1) is 0 Å². The number of carbonyl (C=O) groups excluding carboxylic acids is 1. The number of hydrogen-bond donors (Lipinski definition) is 0. The number of halogens is 1. The van der Waals surface area contributed by atoms with Gasteiger partial charge >= 0.3 is 0 Å². The Morgan fingerprint density at radius 1 is 1.00 bits per heavy atom. The fourth-order valence-corrected chi connectivity index (χ4v) is 2.24. The molecule has 0 N–H and O–H groups in total.